The molecule has 10 heavy (non-hydrogen) atoms. The number of aromatic nitrogens is 1. The zero-order valence-electron chi connectivity index (χ0n) is 5.87. The number of hydrogen-bond acceptors (Lipinski definition) is 2. The van der Waals surface area contributed by atoms with Crippen LogP contribution < -0.4 is 5.73 Å². The van der Waals surface area contributed by atoms with Gasteiger partial charge in [0.2, 0.25) is 0 Å². The standard InChI is InChI=1S/C7H10N2.BrH/c1-6-3-2-4-7(5-8)9-6;/h2-4H,5,8H2,1H3;1H. The largest absolute Gasteiger partial charge is 0.325 e. The van der Waals surface area contributed by atoms with Crippen LogP contribution in [0, 0.1) is 6.92 Å². The van der Waals surface area contributed by atoms with Gasteiger partial charge in [0, 0.05) is 12.2 Å². The number of aryl methyl sites for hydroxylation is 1. The van der Waals surface area contributed by atoms with Gasteiger partial charge >= 0.3 is 0 Å². The van der Waals surface area contributed by atoms with Crippen molar-refractivity contribution in [3.8, 4) is 0 Å². The minimum atomic E-state index is 0. The van der Waals surface area contributed by atoms with Gasteiger partial charge in [0.1, 0.15) is 0 Å². The first-order valence-corrected chi connectivity index (χ1v) is 2.95. The Morgan fingerprint density at radius 3 is 2.60 bits per heavy atom. The molecular formula is C7H11BrN2. The average molecular weight is 203 g/mol. The third-order valence-corrected chi connectivity index (χ3v) is 1.16. The summed E-state index contributed by atoms with van der Waals surface area (Å²) in [4.78, 5) is 4.17. The first kappa shape index (κ1) is 9.59. The molecule has 1 aromatic heterocycles. The lowest BCUT2D eigenvalue weighted by Gasteiger charge is -1.94. The first-order valence-electron chi connectivity index (χ1n) is 2.95. The Morgan fingerprint density at radius 2 is 2.20 bits per heavy atom. The smallest absolute Gasteiger partial charge is 0.0542 e. The Balaban J connectivity index is 0.000000810. The summed E-state index contributed by atoms with van der Waals surface area (Å²) in [6.07, 6.45) is 0. The van der Waals surface area contributed by atoms with E-state index >= 15 is 0 Å². The van der Waals surface area contributed by atoms with Crippen molar-refractivity contribution in [2.45, 2.75) is 13.5 Å². The van der Waals surface area contributed by atoms with Crippen molar-refractivity contribution >= 4 is 17.0 Å². The van der Waals surface area contributed by atoms with E-state index in [1.165, 1.54) is 0 Å². The Morgan fingerprint density at radius 1 is 1.50 bits per heavy atom. The molecule has 0 fully saturated rings. The van der Waals surface area contributed by atoms with Crippen LogP contribution in [-0.2, 0) is 6.54 Å². The Kier molecular flexibility index (Phi) is 4.23. The lowest BCUT2D eigenvalue weighted by molar-refractivity contribution is 0.969. The van der Waals surface area contributed by atoms with Gasteiger partial charge in [-0.2, -0.15) is 0 Å². The van der Waals surface area contributed by atoms with Crippen molar-refractivity contribution < 1.29 is 0 Å². The second-order valence-corrected chi connectivity index (χ2v) is 1.97. The highest BCUT2D eigenvalue weighted by molar-refractivity contribution is 8.93. The zero-order valence-corrected chi connectivity index (χ0v) is 7.59. The molecule has 0 bridgehead atoms. The molecule has 0 aliphatic rings. The van der Waals surface area contributed by atoms with Crippen molar-refractivity contribution in [1.82, 2.24) is 4.98 Å². The molecule has 0 radical (unpaired) electrons. The van der Waals surface area contributed by atoms with Gasteiger partial charge in [-0.3, -0.25) is 4.98 Å². The molecule has 2 nitrogen and oxygen atoms in total. The molecular weight excluding hydrogens is 192 g/mol. The minimum Gasteiger partial charge on any atom is -0.325 e. The summed E-state index contributed by atoms with van der Waals surface area (Å²) in [5.41, 5.74) is 7.34. The molecule has 56 valence electrons. The summed E-state index contributed by atoms with van der Waals surface area (Å²) in [7, 11) is 0. The van der Waals surface area contributed by atoms with Crippen LogP contribution in [0.5, 0.6) is 0 Å². The Labute approximate surface area is 71.2 Å². The van der Waals surface area contributed by atoms with Crippen molar-refractivity contribution in [3.05, 3.63) is 29.6 Å². The van der Waals surface area contributed by atoms with E-state index in [1.54, 1.807) is 0 Å². The average Bonchev–Trinajstić information content (AvgIpc) is 1.88. The van der Waals surface area contributed by atoms with E-state index in [0.717, 1.165) is 11.4 Å². The highest BCUT2D eigenvalue weighted by atomic mass is 79.9. The Bertz CT molecular complexity index is 201. The highest BCUT2D eigenvalue weighted by Crippen LogP contribution is 1.95. The molecule has 0 aromatic carbocycles. The molecule has 3 heteroatoms. The van der Waals surface area contributed by atoms with Crippen LogP contribution in [-0.4, -0.2) is 4.98 Å². The van der Waals surface area contributed by atoms with Crippen molar-refractivity contribution in [3.63, 3.8) is 0 Å². The van der Waals surface area contributed by atoms with E-state index in [1.807, 2.05) is 25.1 Å². The number of rotatable bonds is 1. The van der Waals surface area contributed by atoms with Gasteiger partial charge in [-0.15, -0.1) is 17.0 Å². The molecule has 0 aliphatic carbocycles. The maximum atomic E-state index is 5.36. The van der Waals surface area contributed by atoms with Crippen molar-refractivity contribution in [2.24, 2.45) is 5.73 Å². The molecule has 1 rings (SSSR count). The molecule has 0 aliphatic heterocycles. The van der Waals surface area contributed by atoms with Gasteiger partial charge in [0.15, 0.2) is 0 Å². The number of halogens is 1. The highest BCUT2D eigenvalue weighted by Gasteiger charge is 1.87. The number of pyridine rings is 1. The summed E-state index contributed by atoms with van der Waals surface area (Å²) < 4.78 is 0. The zero-order chi connectivity index (χ0) is 6.69. The molecule has 2 N–H and O–H groups in total. The van der Waals surface area contributed by atoms with Gasteiger partial charge in [-0.05, 0) is 19.1 Å². The molecule has 0 saturated carbocycles. The molecule has 1 heterocycles. The molecule has 0 saturated heterocycles. The summed E-state index contributed by atoms with van der Waals surface area (Å²) in [5.74, 6) is 0. The SMILES string of the molecule is Br.Cc1cccc(CN)n1. The third-order valence-electron chi connectivity index (χ3n) is 1.16. The normalized spacial score (nSPS) is 8.60. The van der Waals surface area contributed by atoms with E-state index in [-0.39, 0.29) is 17.0 Å². The topological polar surface area (TPSA) is 38.9 Å². The van der Waals surface area contributed by atoms with E-state index in [4.69, 9.17) is 5.73 Å². The van der Waals surface area contributed by atoms with Gasteiger partial charge in [0.05, 0.1) is 5.69 Å². The molecule has 1 aromatic rings. The van der Waals surface area contributed by atoms with Crippen LogP contribution in [0.4, 0.5) is 0 Å². The predicted octanol–water partition coefficient (Wildman–Crippen LogP) is 1.43. The molecule has 0 atom stereocenters. The van der Waals surface area contributed by atoms with Crippen LogP contribution in [0.1, 0.15) is 11.4 Å². The summed E-state index contributed by atoms with van der Waals surface area (Å²) >= 11 is 0. The number of nitrogens with zero attached hydrogens (tertiary/aromatic N) is 1. The van der Waals surface area contributed by atoms with Crippen molar-refractivity contribution in [2.75, 3.05) is 0 Å². The van der Waals surface area contributed by atoms with E-state index < -0.39 is 0 Å². The monoisotopic (exact) mass is 202 g/mol. The number of nitrogens with two attached hydrogens (primary N) is 1. The van der Waals surface area contributed by atoms with Gasteiger partial charge < -0.3 is 5.73 Å². The van der Waals surface area contributed by atoms with Crippen LogP contribution >= 0.6 is 17.0 Å². The summed E-state index contributed by atoms with van der Waals surface area (Å²) in [5, 5.41) is 0. The van der Waals surface area contributed by atoms with Gasteiger partial charge in [-0.25, -0.2) is 0 Å². The summed E-state index contributed by atoms with van der Waals surface area (Å²) in [6, 6.07) is 5.84. The maximum Gasteiger partial charge on any atom is 0.0542 e. The third kappa shape index (κ3) is 2.45. The van der Waals surface area contributed by atoms with Crippen LogP contribution in [0.25, 0.3) is 0 Å². The van der Waals surface area contributed by atoms with E-state index in [0.29, 0.717) is 6.54 Å². The fourth-order valence-corrected chi connectivity index (χ4v) is 0.713. The fraction of sp³-hybridized carbons (Fsp3) is 0.286. The maximum absolute atomic E-state index is 5.36. The van der Waals surface area contributed by atoms with E-state index in [9.17, 15) is 0 Å². The lowest BCUT2D eigenvalue weighted by Crippen LogP contribution is -1.99. The Hall–Kier alpha value is -0.410. The quantitative estimate of drug-likeness (QED) is 0.749. The minimum absolute atomic E-state index is 0. The molecule has 0 unspecified atom stereocenters. The lowest BCUT2D eigenvalue weighted by atomic mass is 10.3. The summed E-state index contributed by atoms with van der Waals surface area (Å²) in [6.45, 7) is 2.49. The molecule has 0 amide bonds. The van der Waals surface area contributed by atoms with Crippen LogP contribution in [0.3, 0.4) is 0 Å². The van der Waals surface area contributed by atoms with Gasteiger partial charge in [-0.1, -0.05) is 6.07 Å². The first-order chi connectivity index (χ1) is 4.33. The van der Waals surface area contributed by atoms with Crippen molar-refractivity contribution in [1.29, 1.82) is 0 Å². The van der Waals surface area contributed by atoms with Gasteiger partial charge in [0.25, 0.3) is 0 Å². The predicted molar refractivity (Wildman–Crippen MR) is 47.2 cm³/mol. The van der Waals surface area contributed by atoms with Crippen LogP contribution in [0.2, 0.25) is 0 Å². The van der Waals surface area contributed by atoms with Crippen LogP contribution in [0.15, 0.2) is 18.2 Å². The number of hydrogen-bond donors (Lipinski definition) is 1. The second-order valence-electron chi connectivity index (χ2n) is 1.97. The molecule has 0 spiro atoms. The van der Waals surface area contributed by atoms with E-state index in [2.05, 4.69) is 4.98 Å². The second kappa shape index (κ2) is 4.41. The fourth-order valence-electron chi connectivity index (χ4n) is 0.713.